The van der Waals surface area contributed by atoms with E-state index < -0.39 is 20.6 Å². The molecule has 2 aromatic rings. The lowest BCUT2D eigenvalue weighted by atomic mass is 10.2. The molecule has 0 bridgehead atoms. The van der Waals surface area contributed by atoms with Gasteiger partial charge in [0.2, 0.25) is 15.9 Å². The molecule has 1 aromatic heterocycles. The summed E-state index contributed by atoms with van der Waals surface area (Å²) in [4.78, 5) is 25.3. The Labute approximate surface area is 161 Å². The van der Waals surface area contributed by atoms with Gasteiger partial charge in [-0.15, -0.1) is 11.3 Å². The third-order valence-corrected chi connectivity index (χ3v) is 7.32. The zero-order valence-electron chi connectivity index (χ0n) is 14.5. The second-order valence-electron chi connectivity index (χ2n) is 6.09. The van der Waals surface area contributed by atoms with Crippen molar-refractivity contribution in [3.05, 3.63) is 56.8 Å². The van der Waals surface area contributed by atoms with Crippen LogP contribution in [0.1, 0.15) is 11.3 Å². The van der Waals surface area contributed by atoms with Crippen LogP contribution in [0.4, 0.5) is 5.69 Å². The van der Waals surface area contributed by atoms with Gasteiger partial charge in [0.25, 0.3) is 5.69 Å². The van der Waals surface area contributed by atoms with E-state index in [0.29, 0.717) is 12.8 Å². The number of nitro benzene ring substituents is 1. The van der Waals surface area contributed by atoms with Gasteiger partial charge in [0.1, 0.15) is 0 Å². The van der Waals surface area contributed by atoms with Crippen LogP contribution in [0.3, 0.4) is 0 Å². The van der Waals surface area contributed by atoms with E-state index in [1.807, 2.05) is 17.5 Å². The normalized spacial score (nSPS) is 15.6. The zero-order chi connectivity index (χ0) is 19.4. The fourth-order valence-corrected chi connectivity index (χ4v) is 5.27. The van der Waals surface area contributed by atoms with Crippen LogP contribution in [-0.2, 0) is 21.2 Å². The summed E-state index contributed by atoms with van der Waals surface area (Å²) in [5, 5.41) is 13.1. The van der Waals surface area contributed by atoms with Gasteiger partial charge in [-0.25, -0.2) is 8.42 Å². The van der Waals surface area contributed by atoms with Gasteiger partial charge in [0.05, 0.1) is 4.92 Å². The third kappa shape index (κ3) is 4.34. The first-order valence-corrected chi connectivity index (χ1v) is 10.8. The van der Waals surface area contributed by atoms with E-state index in [-0.39, 0.29) is 37.0 Å². The van der Waals surface area contributed by atoms with E-state index in [1.165, 1.54) is 28.6 Å². The van der Waals surface area contributed by atoms with E-state index in [0.717, 1.165) is 4.88 Å². The monoisotopic (exact) mass is 409 g/mol. The summed E-state index contributed by atoms with van der Waals surface area (Å²) in [6.45, 7) is 0.810. The summed E-state index contributed by atoms with van der Waals surface area (Å²) in [6.07, 6.45) is 1.06. The maximum atomic E-state index is 12.8. The van der Waals surface area contributed by atoms with Crippen LogP contribution in [-0.4, -0.2) is 54.6 Å². The summed E-state index contributed by atoms with van der Waals surface area (Å²) in [5.41, 5.74) is -0.438. The zero-order valence-corrected chi connectivity index (χ0v) is 16.1. The van der Waals surface area contributed by atoms with Gasteiger partial charge in [-0.3, -0.25) is 14.9 Å². The molecule has 1 aromatic carbocycles. The standard InChI is InChI=1S/C17H19N3O5S2/c21-17(8-7-14-4-3-13-26-14)18-9-11-19(12-10-18)27(24,25)16-6-2-1-5-15(16)20(22)23/h1-6,13H,7-12H2. The Morgan fingerprint density at radius 2 is 1.81 bits per heavy atom. The number of hydrogen-bond acceptors (Lipinski definition) is 6. The lowest BCUT2D eigenvalue weighted by molar-refractivity contribution is -0.387. The van der Waals surface area contributed by atoms with Crippen molar-refractivity contribution in [2.24, 2.45) is 0 Å². The Bertz CT molecular complexity index is 920. The Balaban J connectivity index is 1.63. The van der Waals surface area contributed by atoms with Crippen LogP contribution < -0.4 is 0 Å². The molecule has 144 valence electrons. The number of thiophene rings is 1. The van der Waals surface area contributed by atoms with Gasteiger partial charge in [-0.1, -0.05) is 18.2 Å². The topological polar surface area (TPSA) is 101 Å². The highest BCUT2D eigenvalue weighted by molar-refractivity contribution is 7.89. The van der Waals surface area contributed by atoms with Gasteiger partial charge in [0.15, 0.2) is 4.90 Å². The molecule has 0 spiro atoms. The van der Waals surface area contributed by atoms with Crippen LogP contribution in [0.2, 0.25) is 0 Å². The number of sulfonamides is 1. The predicted octanol–water partition coefficient (Wildman–Crippen LogP) is 2.12. The highest BCUT2D eigenvalue weighted by Crippen LogP contribution is 2.27. The summed E-state index contributed by atoms with van der Waals surface area (Å²) < 4.78 is 26.8. The van der Waals surface area contributed by atoms with Crippen LogP contribution in [0, 0.1) is 10.1 Å². The van der Waals surface area contributed by atoms with Crippen molar-refractivity contribution in [1.82, 2.24) is 9.21 Å². The largest absolute Gasteiger partial charge is 0.340 e. The molecular weight excluding hydrogens is 390 g/mol. The van der Waals surface area contributed by atoms with Crippen LogP contribution in [0.25, 0.3) is 0 Å². The number of carbonyl (C=O) groups excluding carboxylic acids is 1. The summed E-state index contributed by atoms with van der Waals surface area (Å²) in [6, 6.07) is 9.24. The Hall–Kier alpha value is -2.30. The van der Waals surface area contributed by atoms with Crippen molar-refractivity contribution in [3.63, 3.8) is 0 Å². The number of nitro groups is 1. The van der Waals surface area contributed by atoms with Crippen molar-refractivity contribution < 1.29 is 18.1 Å². The smallest absolute Gasteiger partial charge is 0.289 e. The van der Waals surface area contributed by atoms with Gasteiger partial charge in [0, 0.05) is 43.5 Å². The number of para-hydroxylation sites is 1. The molecule has 0 saturated carbocycles. The lowest BCUT2D eigenvalue weighted by Crippen LogP contribution is -2.50. The van der Waals surface area contributed by atoms with E-state index in [1.54, 1.807) is 16.2 Å². The Morgan fingerprint density at radius 1 is 1.11 bits per heavy atom. The maximum absolute atomic E-state index is 12.8. The van der Waals surface area contributed by atoms with Crippen molar-refractivity contribution in [2.45, 2.75) is 17.7 Å². The van der Waals surface area contributed by atoms with Crippen molar-refractivity contribution in [1.29, 1.82) is 0 Å². The second kappa shape index (κ2) is 8.15. The summed E-state index contributed by atoms with van der Waals surface area (Å²) >= 11 is 1.60. The van der Waals surface area contributed by atoms with Crippen LogP contribution in [0.15, 0.2) is 46.7 Å². The fourth-order valence-electron chi connectivity index (χ4n) is 2.99. The van der Waals surface area contributed by atoms with Gasteiger partial charge < -0.3 is 4.90 Å². The van der Waals surface area contributed by atoms with Gasteiger partial charge >= 0.3 is 0 Å². The van der Waals surface area contributed by atoms with Crippen molar-refractivity contribution >= 4 is 33.0 Å². The summed E-state index contributed by atoms with van der Waals surface area (Å²) in [7, 11) is -3.98. The third-order valence-electron chi connectivity index (χ3n) is 4.44. The van der Waals surface area contributed by atoms with E-state index in [4.69, 9.17) is 0 Å². The average molecular weight is 409 g/mol. The van der Waals surface area contributed by atoms with E-state index in [2.05, 4.69) is 0 Å². The number of rotatable bonds is 6. The molecule has 8 nitrogen and oxygen atoms in total. The molecule has 0 unspecified atom stereocenters. The molecule has 0 atom stereocenters. The van der Waals surface area contributed by atoms with E-state index in [9.17, 15) is 23.3 Å². The number of aryl methyl sites for hydroxylation is 1. The quantitative estimate of drug-likeness (QED) is 0.537. The highest BCUT2D eigenvalue weighted by atomic mass is 32.2. The first-order chi connectivity index (χ1) is 12.9. The molecule has 1 amide bonds. The summed E-state index contributed by atoms with van der Waals surface area (Å²) in [5.74, 6) is -0.00820. The minimum absolute atomic E-state index is 0.00820. The predicted molar refractivity (Wildman–Crippen MR) is 101 cm³/mol. The number of amides is 1. The Kier molecular flexibility index (Phi) is 5.88. The van der Waals surface area contributed by atoms with Crippen molar-refractivity contribution in [2.75, 3.05) is 26.2 Å². The van der Waals surface area contributed by atoms with Gasteiger partial charge in [-0.05, 0) is 23.9 Å². The Morgan fingerprint density at radius 3 is 2.44 bits per heavy atom. The minimum atomic E-state index is -3.98. The molecule has 2 heterocycles. The molecule has 3 rings (SSSR count). The molecule has 10 heteroatoms. The second-order valence-corrected chi connectivity index (χ2v) is 9.03. The first kappa shape index (κ1) is 19.5. The molecule has 0 aliphatic carbocycles. The average Bonchev–Trinajstić information content (AvgIpc) is 3.20. The van der Waals surface area contributed by atoms with Crippen LogP contribution >= 0.6 is 11.3 Å². The van der Waals surface area contributed by atoms with E-state index >= 15 is 0 Å². The first-order valence-electron chi connectivity index (χ1n) is 8.43. The van der Waals surface area contributed by atoms with Crippen molar-refractivity contribution in [3.8, 4) is 0 Å². The molecule has 1 fully saturated rings. The molecule has 27 heavy (non-hydrogen) atoms. The number of benzene rings is 1. The molecule has 1 aliphatic heterocycles. The minimum Gasteiger partial charge on any atom is -0.340 e. The number of nitrogens with zero attached hydrogens (tertiary/aromatic N) is 3. The number of piperazine rings is 1. The van der Waals surface area contributed by atoms with Crippen LogP contribution in [0.5, 0.6) is 0 Å². The lowest BCUT2D eigenvalue weighted by Gasteiger charge is -2.34. The van der Waals surface area contributed by atoms with Gasteiger partial charge in [-0.2, -0.15) is 4.31 Å². The number of carbonyl (C=O) groups is 1. The molecule has 0 N–H and O–H groups in total. The SMILES string of the molecule is O=C(CCc1cccs1)N1CCN(S(=O)(=O)c2ccccc2[N+](=O)[O-])CC1. The molecule has 1 aliphatic rings. The molecule has 1 saturated heterocycles. The molecular formula is C17H19N3O5S2. The molecule has 0 radical (unpaired) electrons. The highest BCUT2D eigenvalue weighted by Gasteiger charge is 2.34. The fraction of sp³-hybridized carbons (Fsp3) is 0.353. The number of hydrogen-bond donors (Lipinski definition) is 0. The maximum Gasteiger partial charge on any atom is 0.289 e.